The van der Waals surface area contributed by atoms with Crippen LogP contribution in [0.5, 0.6) is 0 Å². The number of carbonyl (C=O) groups excluding carboxylic acids is 1. The van der Waals surface area contributed by atoms with Crippen LogP contribution in [0.25, 0.3) is 0 Å². The average molecular weight is 250 g/mol. The zero-order valence-corrected chi connectivity index (χ0v) is 10.2. The topological polar surface area (TPSA) is 71.3 Å². The largest absolute Gasteiger partial charge is 0.481 e. The van der Waals surface area contributed by atoms with E-state index < -0.39 is 5.97 Å². The van der Waals surface area contributed by atoms with Gasteiger partial charge in [0.2, 0.25) is 5.91 Å². The third kappa shape index (κ3) is 3.12. The maximum Gasteiger partial charge on any atom is 0.306 e. The lowest BCUT2D eigenvalue weighted by Crippen LogP contribution is -2.32. The number of carbonyl (C=O) groups is 2. The van der Waals surface area contributed by atoms with Crippen LogP contribution in [0.1, 0.15) is 19.3 Å². The van der Waals surface area contributed by atoms with Crippen LogP contribution >= 0.6 is 0 Å². The fourth-order valence-electron chi connectivity index (χ4n) is 2.42. The number of amides is 1. The van der Waals surface area contributed by atoms with Crippen molar-refractivity contribution in [2.24, 2.45) is 11.8 Å². The summed E-state index contributed by atoms with van der Waals surface area (Å²) in [5.74, 6) is -1.26. The molecule has 0 aliphatic heterocycles. The van der Waals surface area contributed by atoms with Crippen molar-refractivity contribution in [3.05, 3.63) is 24.5 Å². The van der Waals surface area contributed by atoms with Crippen molar-refractivity contribution in [2.45, 2.75) is 25.8 Å². The van der Waals surface area contributed by atoms with Gasteiger partial charge in [0.05, 0.1) is 5.92 Å². The van der Waals surface area contributed by atoms with E-state index in [2.05, 4.69) is 5.32 Å². The van der Waals surface area contributed by atoms with Gasteiger partial charge >= 0.3 is 5.97 Å². The molecule has 1 amide bonds. The average Bonchev–Trinajstić information content (AvgIpc) is 2.99. The van der Waals surface area contributed by atoms with Gasteiger partial charge in [0.25, 0.3) is 0 Å². The molecule has 0 unspecified atom stereocenters. The number of aromatic nitrogens is 1. The molecule has 5 nitrogen and oxygen atoms in total. The normalized spacial score (nSPS) is 22.9. The van der Waals surface area contributed by atoms with Gasteiger partial charge in [-0.2, -0.15) is 0 Å². The summed E-state index contributed by atoms with van der Waals surface area (Å²) < 4.78 is 2.00. The molecule has 2 atom stereocenters. The van der Waals surface area contributed by atoms with E-state index in [9.17, 15) is 9.59 Å². The predicted molar refractivity (Wildman–Crippen MR) is 65.9 cm³/mol. The minimum Gasteiger partial charge on any atom is -0.481 e. The van der Waals surface area contributed by atoms with Gasteiger partial charge in [-0.15, -0.1) is 0 Å². The van der Waals surface area contributed by atoms with E-state index in [4.69, 9.17) is 5.11 Å². The lowest BCUT2D eigenvalue weighted by Gasteiger charge is -2.11. The van der Waals surface area contributed by atoms with Gasteiger partial charge in [0, 0.05) is 31.4 Å². The van der Waals surface area contributed by atoms with E-state index in [1.54, 1.807) is 0 Å². The van der Waals surface area contributed by atoms with Crippen molar-refractivity contribution in [1.82, 2.24) is 9.88 Å². The summed E-state index contributed by atoms with van der Waals surface area (Å²) in [5, 5.41) is 11.7. The lowest BCUT2D eigenvalue weighted by molar-refractivity contribution is -0.141. The molecule has 1 heterocycles. The highest BCUT2D eigenvalue weighted by atomic mass is 16.4. The van der Waals surface area contributed by atoms with Crippen LogP contribution in [0.15, 0.2) is 24.5 Å². The Balaban J connectivity index is 1.71. The van der Waals surface area contributed by atoms with Gasteiger partial charge in [-0.25, -0.2) is 0 Å². The molecular weight excluding hydrogens is 232 g/mol. The van der Waals surface area contributed by atoms with Crippen LogP contribution < -0.4 is 5.32 Å². The van der Waals surface area contributed by atoms with Gasteiger partial charge in [-0.3, -0.25) is 9.59 Å². The highest BCUT2D eigenvalue weighted by Gasteiger charge is 2.33. The third-order valence-electron chi connectivity index (χ3n) is 3.49. The molecule has 5 heteroatoms. The Morgan fingerprint density at radius 1 is 1.22 bits per heavy atom. The minimum atomic E-state index is -0.780. The molecule has 18 heavy (non-hydrogen) atoms. The van der Waals surface area contributed by atoms with E-state index >= 15 is 0 Å². The van der Waals surface area contributed by atoms with Crippen molar-refractivity contribution < 1.29 is 14.7 Å². The van der Waals surface area contributed by atoms with Gasteiger partial charge in [0.1, 0.15) is 0 Å². The van der Waals surface area contributed by atoms with E-state index in [1.807, 2.05) is 29.1 Å². The van der Waals surface area contributed by atoms with Crippen molar-refractivity contribution in [2.75, 3.05) is 6.54 Å². The molecule has 1 fully saturated rings. The Bertz CT molecular complexity index is 414. The quantitative estimate of drug-likeness (QED) is 0.822. The molecule has 2 N–H and O–H groups in total. The standard InChI is InChI=1S/C13H18N2O3/c16-12(10-3-4-11(9-10)13(17)18)14-5-8-15-6-1-2-7-15/h1-2,6-7,10-11H,3-5,8-9H2,(H,14,16)(H,17,18)/t10-,11+/m0/s1. The highest BCUT2D eigenvalue weighted by molar-refractivity contribution is 5.80. The van der Waals surface area contributed by atoms with Crippen LogP contribution in [0, 0.1) is 11.8 Å². The fraction of sp³-hybridized carbons (Fsp3) is 0.538. The molecule has 0 saturated heterocycles. The van der Waals surface area contributed by atoms with E-state index in [-0.39, 0.29) is 17.7 Å². The molecule has 2 rings (SSSR count). The Kier molecular flexibility index (Phi) is 4.02. The molecule has 1 aliphatic carbocycles. The number of carboxylic acids is 1. The maximum atomic E-state index is 11.8. The first-order valence-corrected chi connectivity index (χ1v) is 6.28. The van der Waals surface area contributed by atoms with Crippen molar-refractivity contribution in [3.8, 4) is 0 Å². The minimum absolute atomic E-state index is 0.00842. The first-order chi connectivity index (χ1) is 8.66. The number of aliphatic carboxylic acids is 1. The van der Waals surface area contributed by atoms with Gasteiger partial charge in [0.15, 0.2) is 0 Å². The zero-order chi connectivity index (χ0) is 13.0. The number of hydrogen-bond donors (Lipinski definition) is 2. The van der Waals surface area contributed by atoms with Crippen molar-refractivity contribution in [3.63, 3.8) is 0 Å². The Morgan fingerprint density at radius 2 is 1.89 bits per heavy atom. The Labute approximate surface area is 106 Å². The molecule has 0 bridgehead atoms. The molecule has 1 aliphatic rings. The fourth-order valence-corrected chi connectivity index (χ4v) is 2.42. The second kappa shape index (κ2) is 5.71. The molecule has 0 aromatic carbocycles. The van der Waals surface area contributed by atoms with Crippen LogP contribution in [-0.2, 0) is 16.1 Å². The smallest absolute Gasteiger partial charge is 0.306 e. The number of nitrogens with zero attached hydrogens (tertiary/aromatic N) is 1. The van der Waals surface area contributed by atoms with Gasteiger partial charge in [-0.05, 0) is 31.4 Å². The van der Waals surface area contributed by atoms with Crippen LogP contribution in [0.3, 0.4) is 0 Å². The monoisotopic (exact) mass is 250 g/mol. The van der Waals surface area contributed by atoms with Gasteiger partial charge in [-0.1, -0.05) is 0 Å². The van der Waals surface area contributed by atoms with E-state index in [0.29, 0.717) is 25.8 Å². The second-order valence-electron chi connectivity index (χ2n) is 4.76. The van der Waals surface area contributed by atoms with Gasteiger partial charge < -0.3 is 15.0 Å². The first kappa shape index (κ1) is 12.7. The second-order valence-corrected chi connectivity index (χ2v) is 4.76. The van der Waals surface area contributed by atoms with Crippen LogP contribution in [0.2, 0.25) is 0 Å². The zero-order valence-electron chi connectivity index (χ0n) is 10.2. The summed E-state index contributed by atoms with van der Waals surface area (Å²) in [5.41, 5.74) is 0. The summed E-state index contributed by atoms with van der Waals surface area (Å²) in [6.45, 7) is 1.33. The third-order valence-corrected chi connectivity index (χ3v) is 3.49. The maximum absolute atomic E-state index is 11.8. The number of nitrogens with one attached hydrogen (secondary N) is 1. The summed E-state index contributed by atoms with van der Waals surface area (Å²) in [6.07, 6.45) is 5.67. The molecule has 0 spiro atoms. The lowest BCUT2D eigenvalue weighted by atomic mass is 10.0. The van der Waals surface area contributed by atoms with Crippen molar-refractivity contribution in [1.29, 1.82) is 0 Å². The molecule has 0 radical (unpaired) electrons. The van der Waals surface area contributed by atoms with Crippen molar-refractivity contribution >= 4 is 11.9 Å². The predicted octanol–water partition coefficient (Wildman–Crippen LogP) is 1.11. The Morgan fingerprint density at radius 3 is 2.50 bits per heavy atom. The summed E-state index contributed by atoms with van der Waals surface area (Å²) in [6, 6.07) is 3.88. The first-order valence-electron chi connectivity index (χ1n) is 6.28. The van der Waals surface area contributed by atoms with Crippen LogP contribution in [-0.4, -0.2) is 28.1 Å². The summed E-state index contributed by atoms with van der Waals surface area (Å²) in [7, 11) is 0. The van der Waals surface area contributed by atoms with Crippen LogP contribution in [0.4, 0.5) is 0 Å². The number of carboxylic acid groups (broad SMARTS) is 1. The summed E-state index contributed by atoms with van der Waals surface area (Å²) in [4.78, 5) is 22.6. The Hall–Kier alpha value is -1.78. The highest BCUT2D eigenvalue weighted by Crippen LogP contribution is 2.30. The molecule has 1 aromatic heterocycles. The molecule has 1 aromatic rings. The molecule has 1 saturated carbocycles. The molecular formula is C13H18N2O3. The summed E-state index contributed by atoms with van der Waals surface area (Å²) >= 11 is 0. The van der Waals surface area contributed by atoms with E-state index in [0.717, 1.165) is 6.54 Å². The number of hydrogen-bond acceptors (Lipinski definition) is 2. The number of rotatable bonds is 5. The SMILES string of the molecule is O=C(O)[C@@H]1CC[C@H](C(=O)NCCn2cccc2)C1. The molecule has 98 valence electrons. The van der Waals surface area contributed by atoms with E-state index in [1.165, 1.54) is 0 Å².